The van der Waals surface area contributed by atoms with Gasteiger partial charge in [-0.1, -0.05) is 18.2 Å². The molecule has 0 amide bonds. The number of nitriles is 1. The lowest BCUT2D eigenvalue weighted by atomic mass is 10.3. The molecule has 2 N–H and O–H groups in total. The molecule has 0 fully saturated rings. The summed E-state index contributed by atoms with van der Waals surface area (Å²) in [5.74, 6) is 0.591. The van der Waals surface area contributed by atoms with Crippen molar-refractivity contribution in [3.63, 3.8) is 0 Å². The van der Waals surface area contributed by atoms with Crippen molar-refractivity contribution < 1.29 is 8.42 Å². The summed E-state index contributed by atoms with van der Waals surface area (Å²) < 4.78 is 26.4. The summed E-state index contributed by atoms with van der Waals surface area (Å²) in [7, 11) is -3.48. The van der Waals surface area contributed by atoms with Crippen LogP contribution in [0.25, 0.3) is 0 Å². The van der Waals surface area contributed by atoms with Crippen molar-refractivity contribution in [1.82, 2.24) is 9.71 Å². The molecule has 6 nitrogen and oxygen atoms in total. The molecule has 0 saturated carbocycles. The molecular formula is C14H14N4O2S. The second-order valence-electron chi connectivity index (χ2n) is 4.18. The minimum Gasteiger partial charge on any atom is -0.369 e. The smallest absolute Gasteiger partial charge is 0.240 e. The van der Waals surface area contributed by atoms with Crippen molar-refractivity contribution in [1.29, 1.82) is 5.26 Å². The van der Waals surface area contributed by atoms with Crippen LogP contribution in [0.4, 0.5) is 5.82 Å². The van der Waals surface area contributed by atoms with Gasteiger partial charge in [-0.3, -0.25) is 0 Å². The highest BCUT2D eigenvalue weighted by Crippen LogP contribution is 2.07. The van der Waals surface area contributed by atoms with E-state index in [1.54, 1.807) is 30.3 Å². The van der Waals surface area contributed by atoms with E-state index in [2.05, 4.69) is 15.0 Å². The second kappa shape index (κ2) is 6.83. The van der Waals surface area contributed by atoms with Gasteiger partial charge in [-0.15, -0.1) is 0 Å². The fourth-order valence-electron chi connectivity index (χ4n) is 1.62. The molecule has 1 heterocycles. The first-order valence-corrected chi connectivity index (χ1v) is 7.75. The van der Waals surface area contributed by atoms with Crippen LogP contribution in [-0.2, 0) is 10.0 Å². The topological polar surface area (TPSA) is 94.9 Å². The average molecular weight is 302 g/mol. The van der Waals surface area contributed by atoms with Gasteiger partial charge in [0.05, 0.1) is 10.5 Å². The third kappa shape index (κ3) is 4.27. The van der Waals surface area contributed by atoms with Crippen LogP contribution < -0.4 is 10.0 Å². The highest BCUT2D eigenvalue weighted by atomic mass is 32.2. The van der Waals surface area contributed by atoms with E-state index in [4.69, 9.17) is 5.26 Å². The Kier molecular flexibility index (Phi) is 4.87. The minimum atomic E-state index is -3.48. The molecule has 108 valence electrons. The molecule has 0 saturated heterocycles. The van der Waals surface area contributed by atoms with Crippen LogP contribution in [0, 0.1) is 11.3 Å². The standard InChI is InChI=1S/C14H14N4O2S/c15-10-12-6-7-14(17-11-12)16-8-9-18-21(19,20)13-4-2-1-3-5-13/h1-7,11,18H,8-9H2,(H,16,17). The first-order valence-electron chi connectivity index (χ1n) is 6.26. The molecule has 21 heavy (non-hydrogen) atoms. The van der Waals surface area contributed by atoms with Crippen molar-refractivity contribution in [2.75, 3.05) is 18.4 Å². The first-order chi connectivity index (χ1) is 10.1. The number of hydrogen-bond acceptors (Lipinski definition) is 5. The normalized spacial score (nSPS) is 10.8. The van der Waals surface area contributed by atoms with Crippen LogP contribution in [0.3, 0.4) is 0 Å². The van der Waals surface area contributed by atoms with Crippen LogP contribution in [0.5, 0.6) is 0 Å². The van der Waals surface area contributed by atoms with Gasteiger partial charge < -0.3 is 5.32 Å². The van der Waals surface area contributed by atoms with Gasteiger partial charge in [0.15, 0.2) is 0 Å². The Balaban J connectivity index is 1.83. The summed E-state index contributed by atoms with van der Waals surface area (Å²) in [5.41, 5.74) is 0.477. The summed E-state index contributed by atoms with van der Waals surface area (Å²) in [5, 5.41) is 11.6. The van der Waals surface area contributed by atoms with Crippen LogP contribution in [-0.4, -0.2) is 26.5 Å². The number of anilines is 1. The summed E-state index contributed by atoms with van der Waals surface area (Å²) in [4.78, 5) is 4.27. The lowest BCUT2D eigenvalue weighted by Crippen LogP contribution is -2.29. The molecule has 0 radical (unpaired) electrons. The van der Waals surface area contributed by atoms with E-state index in [0.29, 0.717) is 17.9 Å². The molecule has 0 aliphatic rings. The number of nitrogens with one attached hydrogen (secondary N) is 2. The minimum absolute atomic E-state index is 0.235. The lowest BCUT2D eigenvalue weighted by molar-refractivity contribution is 0.583. The summed E-state index contributed by atoms with van der Waals surface area (Å²) in [6.45, 7) is 0.629. The number of sulfonamides is 1. The maximum atomic E-state index is 11.9. The first kappa shape index (κ1) is 15.0. The van der Waals surface area contributed by atoms with Gasteiger partial charge in [0.25, 0.3) is 0 Å². The maximum Gasteiger partial charge on any atom is 0.240 e. The van der Waals surface area contributed by atoms with Gasteiger partial charge >= 0.3 is 0 Å². The van der Waals surface area contributed by atoms with E-state index in [1.807, 2.05) is 6.07 Å². The molecule has 2 aromatic rings. The van der Waals surface area contributed by atoms with Gasteiger partial charge in [0.1, 0.15) is 11.9 Å². The molecule has 0 bridgehead atoms. The number of pyridine rings is 1. The number of nitrogens with zero attached hydrogens (tertiary/aromatic N) is 2. The number of aromatic nitrogens is 1. The van der Waals surface area contributed by atoms with E-state index < -0.39 is 10.0 Å². The molecule has 7 heteroatoms. The third-order valence-corrected chi connectivity index (χ3v) is 4.15. The Labute approximate surface area is 123 Å². The third-order valence-electron chi connectivity index (χ3n) is 2.67. The van der Waals surface area contributed by atoms with E-state index >= 15 is 0 Å². The Morgan fingerprint density at radius 2 is 1.86 bits per heavy atom. The largest absolute Gasteiger partial charge is 0.369 e. The zero-order chi connectivity index (χ0) is 15.1. The SMILES string of the molecule is N#Cc1ccc(NCCNS(=O)(=O)c2ccccc2)nc1. The zero-order valence-corrected chi connectivity index (χ0v) is 12.0. The highest BCUT2D eigenvalue weighted by Gasteiger charge is 2.11. The van der Waals surface area contributed by atoms with Crippen molar-refractivity contribution in [2.24, 2.45) is 0 Å². The molecule has 1 aromatic carbocycles. The van der Waals surface area contributed by atoms with Gasteiger partial charge in [-0.2, -0.15) is 5.26 Å². The molecule has 0 aliphatic carbocycles. The molecule has 0 spiro atoms. The summed E-state index contributed by atoms with van der Waals surface area (Å²) in [6, 6.07) is 13.5. The molecule has 0 atom stereocenters. The average Bonchev–Trinajstić information content (AvgIpc) is 2.53. The highest BCUT2D eigenvalue weighted by molar-refractivity contribution is 7.89. The van der Waals surface area contributed by atoms with E-state index in [0.717, 1.165) is 0 Å². The van der Waals surface area contributed by atoms with Crippen LogP contribution in [0.2, 0.25) is 0 Å². The summed E-state index contributed by atoms with van der Waals surface area (Å²) in [6.07, 6.45) is 1.45. The van der Waals surface area contributed by atoms with Crippen LogP contribution in [0.15, 0.2) is 53.6 Å². The van der Waals surface area contributed by atoms with E-state index in [9.17, 15) is 8.42 Å². The number of hydrogen-bond donors (Lipinski definition) is 2. The van der Waals surface area contributed by atoms with Crippen molar-refractivity contribution in [2.45, 2.75) is 4.90 Å². The van der Waals surface area contributed by atoms with E-state index in [1.165, 1.54) is 18.3 Å². The van der Waals surface area contributed by atoms with E-state index in [-0.39, 0.29) is 11.4 Å². The molecular weight excluding hydrogens is 288 g/mol. The van der Waals surface area contributed by atoms with Gasteiger partial charge in [-0.05, 0) is 24.3 Å². The van der Waals surface area contributed by atoms with Crippen molar-refractivity contribution in [3.8, 4) is 6.07 Å². The lowest BCUT2D eigenvalue weighted by Gasteiger charge is -2.08. The molecule has 0 aliphatic heterocycles. The monoisotopic (exact) mass is 302 g/mol. The predicted molar refractivity (Wildman–Crippen MR) is 79.1 cm³/mol. The Bertz CT molecular complexity index is 722. The van der Waals surface area contributed by atoms with Gasteiger partial charge in [0, 0.05) is 19.3 Å². The fourth-order valence-corrected chi connectivity index (χ4v) is 2.68. The van der Waals surface area contributed by atoms with Crippen molar-refractivity contribution >= 4 is 15.8 Å². The van der Waals surface area contributed by atoms with Crippen LogP contribution in [0.1, 0.15) is 5.56 Å². The number of benzene rings is 1. The van der Waals surface area contributed by atoms with Crippen LogP contribution >= 0.6 is 0 Å². The van der Waals surface area contributed by atoms with Crippen molar-refractivity contribution in [3.05, 3.63) is 54.2 Å². The Morgan fingerprint density at radius 1 is 1.10 bits per heavy atom. The Morgan fingerprint density at radius 3 is 2.48 bits per heavy atom. The number of rotatable bonds is 6. The van der Waals surface area contributed by atoms with Gasteiger partial charge in [0.2, 0.25) is 10.0 Å². The molecule has 1 aromatic heterocycles. The molecule has 0 unspecified atom stereocenters. The fraction of sp³-hybridized carbons (Fsp3) is 0.143. The summed E-state index contributed by atoms with van der Waals surface area (Å²) >= 11 is 0. The maximum absolute atomic E-state index is 11.9. The van der Waals surface area contributed by atoms with Gasteiger partial charge in [-0.25, -0.2) is 18.1 Å². The predicted octanol–water partition coefficient (Wildman–Crippen LogP) is 1.34. The Hall–Kier alpha value is -2.43. The zero-order valence-electron chi connectivity index (χ0n) is 11.2. The molecule has 2 rings (SSSR count). The second-order valence-corrected chi connectivity index (χ2v) is 5.95. The quantitative estimate of drug-likeness (QED) is 0.785.